The summed E-state index contributed by atoms with van der Waals surface area (Å²) in [6, 6.07) is 10.5. The molecule has 1 aromatic rings. The molecule has 13 nitrogen and oxygen atoms in total. The second kappa shape index (κ2) is 25.9. The zero-order chi connectivity index (χ0) is 58.8. The predicted octanol–water partition coefficient (Wildman–Crippen LogP) is 12.3. The van der Waals surface area contributed by atoms with Gasteiger partial charge in [-0.05, 0) is 92.6 Å². The van der Waals surface area contributed by atoms with Crippen LogP contribution in [-0.4, -0.2) is 151 Å². The van der Waals surface area contributed by atoms with Crippen molar-refractivity contribution in [2.45, 2.75) is 284 Å². The summed E-state index contributed by atoms with van der Waals surface area (Å²) < 4.78 is 84.8. The van der Waals surface area contributed by atoms with Gasteiger partial charge in [-0.25, -0.2) is 0 Å². The van der Waals surface area contributed by atoms with Gasteiger partial charge in [0.1, 0.15) is 29.9 Å². The molecule has 1 N–H and O–H groups in total. The minimum absolute atomic E-state index is 0.0530. The van der Waals surface area contributed by atoms with Crippen LogP contribution in [0.3, 0.4) is 0 Å². The molecule has 466 valence electrons. The van der Waals surface area contributed by atoms with Crippen LogP contribution >= 0.6 is 11.8 Å². The zero-order valence-electron chi connectivity index (χ0n) is 52.1. The fourth-order valence-corrected chi connectivity index (χ4v) is 17.7. The Labute approximate surface area is 507 Å². The van der Waals surface area contributed by atoms with Crippen molar-refractivity contribution in [2.75, 3.05) is 6.61 Å². The number of thioether (sulfide) groups is 1. The van der Waals surface area contributed by atoms with Crippen molar-refractivity contribution in [1.29, 1.82) is 0 Å². The first-order chi connectivity index (χ1) is 40.4. The lowest BCUT2D eigenvalue weighted by Gasteiger charge is -2.53. The summed E-state index contributed by atoms with van der Waals surface area (Å²) in [5, 5.41) is 12.5. The predicted molar refractivity (Wildman–Crippen MR) is 324 cm³/mol. The van der Waals surface area contributed by atoms with Gasteiger partial charge in [0, 0.05) is 42.4 Å². The van der Waals surface area contributed by atoms with E-state index < -0.39 is 23.6 Å². The summed E-state index contributed by atoms with van der Waals surface area (Å²) in [6.45, 7) is 29.8. The van der Waals surface area contributed by atoms with Crippen LogP contribution in [0, 0.1) is 53.3 Å². The minimum atomic E-state index is -0.875. The number of hydrogen-bond acceptors (Lipinski definition) is 14. The highest BCUT2D eigenvalue weighted by Crippen LogP contribution is 2.53. The SMILES string of the molecule is C=CC[C@H]1O[C@H]2C=C[C@H]3O[C@H]4[C@H](C)[C@H]5O[C@@H](/C=C/[C@H](C)CC)C=CC[C@@H]5O[C@@H]4C[C@@H]3O[C@@H]2C=C[C@@H]1OC(C[C@@H](C)[C@]1(C)O[C@@H]2C[C@H](C)C[C@@H]3O[C@H]4[C@H](C[C@H]3O[C@H]2C[C@H]1O)O[C@@H]1[C@@H](C)[C@H](C)[C@@]2(C[C@H](C)CO2)O[C@H]1C(C)[C@@H]4C)Sc1ccccc1. The third-order valence-corrected chi connectivity index (χ3v) is 23.5. The second-order valence-electron chi connectivity index (χ2n) is 28.3. The largest absolute Gasteiger partial charge is 0.390 e. The van der Waals surface area contributed by atoms with Gasteiger partial charge in [-0.15, -0.1) is 6.58 Å². The van der Waals surface area contributed by atoms with Gasteiger partial charge in [0.05, 0.1) is 110 Å². The van der Waals surface area contributed by atoms with Crippen molar-refractivity contribution in [3.05, 3.63) is 91.6 Å². The average Bonchev–Trinajstić information content (AvgIpc) is 1.57. The third-order valence-electron chi connectivity index (χ3n) is 22.4. The molecular weight excluding hydrogens is 1080 g/mol. The van der Waals surface area contributed by atoms with Crippen molar-refractivity contribution in [3.8, 4) is 0 Å². The molecule has 8 fully saturated rings. The van der Waals surface area contributed by atoms with E-state index in [4.69, 9.17) is 56.8 Å². The Morgan fingerprint density at radius 2 is 1.32 bits per heavy atom. The summed E-state index contributed by atoms with van der Waals surface area (Å²) in [6.07, 6.45) is 22.6. The lowest BCUT2D eigenvalue weighted by Crippen LogP contribution is -2.62. The highest BCUT2D eigenvalue weighted by molar-refractivity contribution is 7.99. The number of allylic oxidation sites excluding steroid dienone is 1. The normalized spacial score (nSPS) is 50.1. The number of fused-ring (bicyclic) bond motifs is 8. The molecule has 11 aliphatic heterocycles. The van der Waals surface area contributed by atoms with Gasteiger partial charge in [0.25, 0.3) is 0 Å². The van der Waals surface area contributed by atoms with Gasteiger partial charge in [0.2, 0.25) is 0 Å². The van der Waals surface area contributed by atoms with Gasteiger partial charge in [-0.1, -0.05) is 160 Å². The van der Waals surface area contributed by atoms with E-state index in [1.54, 1.807) is 11.8 Å². The maximum Gasteiger partial charge on any atom is 0.171 e. The summed E-state index contributed by atoms with van der Waals surface area (Å²) >= 11 is 1.70. The first-order valence-electron chi connectivity index (χ1n) is 33.0. The molecule has 0 amide bonds. The summed E-state index contributed by atoms with van der Waals surface area (Å²) in [5.41, 5.74) is -1.20. The number of aliphatic hydroxyl groups is 1. The van der Waals surface area contributed by atoms with Crippen LogP contribution in [-0.2, 0) is 56.8 Å². The molecule has 0 saturated carbocycles. The first kappa shape index (κ1) is 62.0. The van der Waals surface area contributed by atoms with Gasteiger partial charge < -0.3 is 61.9 Å². The maximum absolute atomic E-state index is 12.5. The number of rotatable bonds is 12. The Hall–Kier alpha value is -2.25. The smallest absolute Gasteiger partial charge is 0.171 e. The third kappa shape index (κ3) is 12.5. The second-order valence-corrected chi connectivity index (χ2v) is 29.6. The van der Waals surface area contributed by atoms with E-state index in [1.165, 1.54) is 0 Å². The molecule has 11 aliphatic rings. The molecule has 32 atom stereocenters. The monoisotopic (exact) mass is 1180 g/mol. The zero-order valence-corrected chi connectivity index (χ0v) is 53.0. The van der Waals surface area contributed by atoms with Crippen molar-refractivity contribution < 1.29 is 61.9 Å². The fourth-order valence-electron chi connectivity index (χ4n) is 16.5. The molecule has 8 saturated heterocycles. The summed E-state index contributed by atoms with van der Waals surface area (Å²) in [4.78, 5) is 1.10. The minimum Gasteiger partial charge on any atom is -0.390 e. The molecule has 14 heteroatoms. The Morgan fingerprint density at radius 1 is 0.655 bits per heavy atom. The molecule has 0 radical (unpaired) electrons. The number of benzene rings is 1. The number of hydrogen-bond donors (Lipinski definition) is 1. The molecule has 0 aromatic heterocycles. The summed E-state index contributed by atoms with van der Waals surface area (Å²) in [5.74, 6) is 1.63. The molecule has 1 spiro atoms. The number of ether oxygens (including phenoxy) is 12. The standard InChI is InChI=1S/C70H102O13S/c1-13-19-49-52(28-26-51-50(74-49)27-29-53-56(75-51)33-60-66(79-53)45(10)65-54(76-60)23-18-20-47(73-65)25-24-38(3)14-2)78-63(84-48-21-16-15-17-22-48)32-41(6)69(12)62(71)35-58-59(82-69)31-39(4)30-55-57(77-58)34-61-64(80-55)42(7)43(8)68-67(81-61)44(9)46(11)70(83-68)36-40(5)37-72-70/h13,15-18,20-22,24-29,38-47,49-68,71H,1,14,19,23,30-37H2,2-12H3/b25-24+/t38-,39-,40+,41-,42+,43?,44+,45-,46+,47-,49-,50+,51-,52+,53-,54+,55+,56+,57-,58+,59-,60-,61+,62-,63?,64-,65-,66+,67-,68+,69+,70-/m1/s1. The molecular formula is C70H102O13S. The Morgan fingerprint density at radius 3 is 2.10 bits per heavy atom. The molecule has 0 aliphatic carbocycles. The highest BCUT2D eigenvalue weighted by Gasteiger charge is 2.61. The van der Waals surface area contributed by atoms with Gasteiger partial charge in [-0.2, -0.15) is 0 Å². The van der Waals surface area contributed by atoms with Gasteiger partial charge in [0.15, 0.2) is 5.79 Å². The molecule has 11 heterocycles. The van der Waals surface area contributed by atoms with Gasteiger partial charge in [-0.3, -0.25) is 0 Å². The van der Waals surface area contributed by atoms with Crippen LogP contribution in [0.2, 0.25) is 0 Å². The molecule has 1 aromatic carbocycles. The lowest BCUT2D eigenvalue weighted by molar-refractivity contribution is -0.335. The average molecular weight is 1180 g/mol. The van der Waals surface area contributed by atoms with Crippen molar-refractivity contribution in [1.82, 2.24) is 0 Å². The van der Waals surface area contributed by atoms with Crippen LogP contribution in [0.4, 0.5) is 0 Å². The molecule has 84 heavy (non-hydrogen) atoms. The molecule has 0 bridgehead atoms. The maximum atomic E-state index is 12.5. The Balaban J connectivity index is 0.714. The van der Waals surface area contributed by atoms with Crippen LogP contribution in [0.5, 0.6) is 0 Å². The van der Waals surface area contributed by atoms with Crippen molar-refractivity contribution in [2.24, 2.45) is 53.3 Å². The van der Waals surface area contributed by atoms with Crippen molar-refractivity contribution >= 4 is 11.8 Å². The van der Waals surface area contributed by atoms with Gasteiger partial charge >= 0.3 is 0 Å². The topological polar surface area (TPSA) is 131 Å². The fraction of sp³-hybridized carbons (Fsp3) is 0.771. The van der Waals surface area contributed by atoms with Crippen LogP contribution in [0.15, 0.2) is 96.5 Å². The van der Waals surface area contributed by atoms with E-state index in [1.807, 2.05) is 12.1 Å². The van der Waals surface area contributed by atoms with E-state index in [-0.39, 0.29) is 151 Å². The van der Waals surface area contributed by atoms with Crippen molar-refractivity contribution in [3.63, 3.8) is 0 Å². The lowest BCUT2D eigenvalue weighted by atomic mass is 9.73. The highest BCUT2D eigenvalue weighted by atomic mass is 32.2. The van der Waals surface area contributed by atoms with E-state index >= 15 is 0 Å². The summed E-state index contributed by atoms with van der Waals surface area (Å²) in [7, 11) is 0. The van der Waals surface area contributed by atoms with Crippen LogP contribution in [0.1, 0.15) is 140 Å². The van der Waals surface area contributed by atoms with Crippen LogP contribution in [0.25, 0.3) is 0 Å². The molecule has 2 unspecified atom stereocenters. The Bertz CT molecular complexity index is 2490. The quantitative estimate of drug-likeness (QED) is 0.121. The Kier molecular flexibility index (Phi) is 19.1. The van der Waals surface area contributed by atoms with E-state index in [9.17, 15) is 5.11 Å². The first-order valence-corrected chi connectivity index (χ1v) is 33.9. The van der Waals surface area contributed by atoms with Crippen LogP contribution < -0.4 is 0 Å². The number of aliphatic hydroxyl groups excluding tert-OH is 1. The van der Waals surface area contributed by atoms with E-state index in [0.29, 0.717) is 43.4 Å². The molecule has 12 rings (SSSR count). The van der Waals surface area contributed by atoms with E-state index in [2.05, 4.69) is 156 Å². The van der Waals surface area contributed by atoms with E-state index in [0.717, 1.165) is 50.0 Å².